The van der Waals surface area contributed by atoms with E-state index in [0.717, 1.165) is 5.56 Å². The molecule has 10 nitrogen and oxygen atoms in total. The molecule has 4 rings (SSSR count). The van der Waals surface area contributed by atoms with Crippen molar-refractivity contribution in [2.75, 3.05) is 39.1 Å². The largest absolute Gasteiger partial charge is 0.496 e. The summed E-state index contributed by atoms with van der Waals surface area (Å²) < 4.78 is 23.7. The van der Waals surface area contributed by atoms with Crippen molar-refractivity contribution in [3.05, 3.63) is 59.1 Å². The minimum Gasteiger partial charge on any atom is -0.496 e. The highest BCUT2D eigenvalue weighted by atomic mass is 16.5. The van der Waals surface area contributed by atoms with Crippen molar-refractivity contribution in [3.8, 4) is 23.0 Å². The Morgan fingerprint density at radius 3 is 2.29 bits per heavy atom. The van der Waals surface area contributed by atoms with Gasteiger partial charge in [0.05, 0.1) is 39.7 Å². The van der Waals surface area contributed by atoms with Crippen molar-refractivity contribution >= 4 is 17.5 Å². The smallest absolute Gasteiger partial charge is 0.255 e. The predicted octanol–water partition coefficient (Wildman–Crippen LogP) is 3.55. The third-order valence-electron chi connectivity index (χ3n) is 5.67. The van der Waals surface area contributed by atoms with E-state index in [9.17, 15) is 4.79 Å². The summed E-state index contributed by atoms with van der Waals surface area (Å²) in [6.45, 7) is 3.77. The van der Waals surface area contributed by atoms with Crippen LogP contribution in [-0.4, -0.2) is 49.1 Å². The maximum atomic E-state index is 13.7. The fourth-order valence-electron chi connectivity index (χ4n) is 4.05. The van der Waals surface area contributed by atoms with Gasteiger partial charge in [-0.05, 0) is 37.6 Å². The van der Waals surface area contributed by atoms with E-state index in [-0.39, 0.29) is 5.91 Å². The molecule has 2 heterocycles. The molecule has 2 aromatic carbocycles. The number of fused-ring (bicyclic) bond motifs is 1. The van der Waals surface area contributed by atoms with E-state index in [4.69, 9.17) is 18.9 Å². The lowest BCUT2D eigenvalue weighted by molar-refractivity contribution is -0.113. The molecule has 1 aliphatic heterocycles. The van der Waals surface area contributed by atoms with Crippen LogP contribution in [0, 0.1) is 6.92 Å². The first-order valence-corrected chi connectivity index (χ1v) is 10.5. The number of rotatable bonds is 7. The molecule has 1 atom stereocenters. The predicted molar refractivity (Wildman–Crippen MR) is 127 cm³/mol. The molecule has 0 radical (unpaired) electrons. The average Bonchev–Trinajstić information content (AvgIpc) is 3.30. The number of hydrogen-bond donors (Lipinski definition) is 2. The number of aromatic nitrogens is 3. The highest BCUT2D eigenvalue weighted by Crippen LogP contribution is 2.44. The monoisotopic (exact) mass is 465 g/mol. The number of amides is 1. The zero-order valence-electron chi connectivity index (χ0n) is 19.9. The summed E-state index contributed by atoms with van der Waals surface area (Å²) in [7, 11) is 6.22. The molecule has 0 spiro atoms. The molecule has 10 heteroatoms. The molecule has 0 bridgehead atoms. The number of ether oxygens (including phenoxy) is 4. The summed E-state index contributed by atoms with van der Waals surface area (Å²) in [4.78, 5) is 18.0. The van der Waals surface area contributed by atoms with Crippen LogP contribution in [0.5, 0.6) is 23.0 Å². The number of allylic oxidation sites excluding steroid dienone is 1. The number of anilines is 2. The topological polar surface area (TPSA) is 109 Å². The fourth-order valence-corrected chi connectivity index (χ4v) is 4.05. The standard InChI is InChI=1S/C24H27N5O5/c1-13-7-8-17(31-3)16(9-13)28-23(30)21-14(2)27-24-25-12-26-29(24)22(21)15-10-19(33-5)20(34-6)11-18(15)32-4/h7-12,22H,1-6H3,(H,28,30)(H,25,26,27)/t22-/m0/s1. The van der Waals surface area contributed by atoms with Crippen molar-refractivity contribution in [1.29, 1.82) is 0 Å². The van der Waals surface area contributed by atoms with Crippen LogP contribution in [0.15, 0.2) is 47.9 Å². The maximum absolute atomic E-state index is 13.7. The summed E-state index contributed by atoms with van der Waals surface area (Å²) in [6.07, 6.45) is 1.43. The first kappa shape index (κ1) is 23.0. The van der Waals surface area contributed by atoms with Gasteiger partial charge in [0.15, 0.2) is 11.5 Å². The van der Waals surface area contributed by atoms with Crippen LogP contribution in [0.1, 0.15) is 24.1 Å². The first-order chi connectivity index (χ1) is 16.4. The van der Waals surface area contributed by atoms with E-state index < -0.39 is 6.04 Å². The summed E-state index contributed by atoms with van der Waals surface area (Å²) in [5.74, 6) is 2.25. The summed E-state index contributed by atoms with van der Waals surface area (Å²) in [6, 6.07) is 8.45. The number of aryl methyl sites for hydroxylation is 1. The third-order valence-corrected chi connectivity index (χ3v) is 5.67. The number of nitrogens with one attached hydrogen (secondary N) is 2. The van der Waals surface area contributed by atoms with Gasteiger partial charge in [-0.3, -0.25) is 4.79 Å². The van der Waals surface area contributed by atoms with Crippen molar-refractivity contribution in [2.24, 2.45) is 0 Å². The number of methoxy groups -OCH3 is 4. The lowest BCUT2D eigenvalue weighted by atomic mass is 9.93. The molecule has 1 aliphatic rings. The zero-order chi connectivity index (χ0) is 24.4. The zero-order valence-corrected chi connectivity index (χ0v) is 19.9. The Hall–Kier alpha value is -4.21. The molecule has 1 amide bonds. The van der Waals surface area contributed by atoms with Crippen LogP contribution < -0.4 is 29.6 Å². The minimum atomic E-state index is -0.649. The summed E-state index contributed by atoms with van der Waals surface area (Å²) in [5.41, 5.74) is 3.28. The highest BCUT2D eigenvalue weighted by Gasteiger charge is 2.36. The number of carbonyl (C=O) groups excluding carboxylic acids is 1. The van der Waals surface area contributed by atoms with Gasteiger partial charge in [-0.1, -0.05) is 6.07 Å². The Morgan fingerprint density at radius 1 is 0.941 bits per heavy atom. The number of nitrogens with zero attached hydrogens (tertiary/aromatic N) is 3. The van der Waals surface area contributed by atoms with Gasteiger partial charge in [-0.15, -0.1) is 0 Å². The van der Waals surface area contributed by atoms with Crippen LogP contribution in [0.25, 0.3) is 0 Å². The Morgan fingerprint density at radius 2 is 1.62 bits per heavy atom. The van der Waals surface area contributed by atoms with Crippen LogP contribution >= 0.6 is 0 Å². The van der Waals surface area contributed by atoms with Gasteiger partial charge in [0.2, 0.25) is 5.95 Å². The number of benzene rings is 2. The van der Waals surface area contributed by atoms with Crippen LogP contribution in [-0.2, 0) is 4.79 Å². The summed E-state index contributed by atoms with van der Waals surface area (Å²) in [5, 5.41) is 10.5. The molecule has 2 N–H and O–H groups in total. The second-order valence-corrected chi connectivity index (χ2v) is 7.70. The Kier molecular flexibility index (Phi) is 6.31. The maximum Gasteiger partial charge on any atom is 0.255 e. The van der Waals surface area contributed by atoms with Gasteiger partial charge in [0.25, 0.3) is 5.91 Å². The van der Waals surface area contributed by atoms with Gasteiger partial charge in [-0.25, -0.2) is 4.68 Å². The lowest BCUT2D eigenvalue weighted by Gasteiger charge is -2.30. The van der Waals surface area contributed by atoms with Gasteiger partial charge in [-0.2, -0.15) is 10.1 Å². The molecular formula is C24H27N5O5. The van der Waals surface area contributed by atoms with E-state index in [2.05, 4.69) is 20.7 Å². The molecule has 0 aliphatic carbocycles. The fraction of sp³-hybridized carbons (Fsp3) is 0.292. The lowest BCUT2D eigenvalue weighted by Crippen LogP contribution is -2.32. The molecule has 3 aromatic rings. The van der Waals surface area contributed by atoms with Crippen molar-refractivity contribution in [1.82, 2.24) is 14.8 Å². The first-order valence-electron chi connectivity index (χ1n) is 10.5. The van der Waals surface area contributed by atoms with Crippen molar-refractivity contribution in [3.63, 3.8) is 0 Å². The number of hydrogen-bond acceptors (Lipinski definition) is 8. The minimum absolute atomic E-state index is 0.322. The van der Waals surface area contributed by atoms with Gasteiger partial charge in [0.1, 0.15) is 23.9 Å². The van der Waals surface area contributed by atoms with E-state index in [1.165, 1.54) is 6.33 Å². The molecule has 34 heavy (non-hydrogen) atoms. The quantitative estimate of drug-likeness (QED) is 0.545. The van der Waals surface area contributed by atoms with Crippen LogP contribution in [0.4, 0.5) is 11.6 Å². The molecule has 0 fully saturated rings. The van der Waals surface area contributed by atoms with E-state index in [0.29, 0.717) is 51.5 Å². The molecule has 178 valence electrons. The third kappa shape index (κ3) is 3.98. The van der Waals surface area contributed by atoms with E-state index in [1.807, 2.05) is 32.0 Å². The molecule has 0 saturated carbocycles. The molecule has 0 saturated heterocycles. The second-order valence-electron chi connectivity index (χ2n) is 7.70. The number of carbonyl (C=O) groups is 1. The Bertz CT molecular complexity index is 1270. The normalized spacial score (nSPS) is 14.7. The van der Waals surface area contributed by atoms with Gasteiger partial charge >= 0.3 is 0 Å². The molecular weight excluding hydrogens is 438 g/mol. The van der Waals surface area contributed by atoms with Crippen LogP contribution in [0.2, 0.25) is 0 Å². The molecule has 0 unspecified atom stereocenters. The van der Waals surface area contributed by atoms with Gasteiger partial charge in [0, 0.05) is 17.3 Å². The highest BCUT2D eigenvalue weighted by molar-refractivity contribution is 6.06. The summed E-state index contributed by atoms with van der Waals surface area (Å²) >= 11 is 0. The van der Waals surface area contributed by atoms with E-state index >= 15 is 0 Å². The second kappa shape index (κ2) is 9.34. The van der Waals surface area contributed by atoms with E-state index in [1.54, 1.807) is 45.3 Å². The van der Waals surface area contributed by atoms with Crippen LogP contribution in [0.3, 0.4) is 0 Å². The Labute approximate surface area is 197 Å². The SMILES string of the molecule is COc1ccc(C)cc1NC(=O)C1=C(C)Nc2ncnn2[C@H]1c1cc(OC)c(OC)cc1OC. The Balaban J connectivity index is 1.86. The average molecular weight is 466 g/mol. The van der Waals surface area contributed by atoms with Crippen molar-refractivity contribution in [2.45, 2.75) is 19.9 Å². The van der Waals surface area contributed by atoms with Gasteiger partial charge < -0.3 is 29.6 Å². The molecule has 1 aromatic heterocycles. The van der Waals surface area contributed by atoms with Crippen molar-refractivity contribution < 1.29 is 23.7 Å².